The Kier molecular flexibility index (Phi) is 6.68. The van der Waals surface area contributed by atoms with Crippen LogP contribution in [0.1, 0.15) is 47.1 Å². The maximum absolute atomic E-state index is 13.2. The number of hydrogen-bond donors (Lipinski definition) is 1. The monoisotopic (exact) mass is 522 g/mol. The van der Waals surface area contributed by atoms with Gasteiger partial charge in [0, 0.05) is 20.7 Å². The third kappa shape index (κ3) is 5.02. The first kappa shape index (κ1) is 23.2. The van der Waals surface area contributed by atoms with E-state index in [1.54, 1.807) is 16.8 Å². The molecule has 0 unspecified atom stereocenters. The first-order valence-electron chi connectivity index (χ1n) is 10.6. The fraction of sp³-hybridized carbons (Fsp3) is 0.192. The van der Waals surface area contributed by atoms with Crippen molar-refractivity contribution in [2.75, 3.05) is 5.32 Å². The van der Waals surface area contributed by atoms with Crippen LogP contribution in [0.3, 0.4) is 0 Å². The highest BCUT2D eigenvalue weighted by atomic mass is 79.9. The molecule has 1 N–H and O–H groups in total. The minimum atomic E-state index is -0.364. The van der Waals surface area contributed by atoms with Crippen molar-refractivity contribution in [2.24, 2.45) is 0 Å². The summed E-state index contributed by atoms with van der Waals surface area (Å²) in [4.78, 5) is 17.8. The van der Waals surface area contributed by atoms with Crippen LogP contribution in [0.15, 0.2) is 65.1 Å². The summed E-state index contributed by atoms with van der Waals surface area (Å²) in [7, 11) is 0. The number of amides is 1. The van der Waals surface area contributed by atoms with E-state index in [0.29, 0.717) is 10.8 Å². The molecule has 168 valence electrons. The van der Waals surface area contributed by atoms with Crippen LogP contribution in [0.4, 0.5) is 5.69 Å². The summed E-state index contributed by atoms with van der Waals surface area (Å²) in [6, 6.07) is 19.2. The van der Waals surface area contributed by atoms with Gasteiger partial charge in [-0.3, -0.25) is 4.79 Å². The van der Waals surface area contributed by atoms with Gasteiger partial charge in [-0.2, -0.15) is 0 Å². The number of rotatable bonds is 5. The molecule has 0 spiro atoms. The molecule has 0 radical (unpaired) electrons. The van der Waals surface area contributed by atoms with Crippen molar-refractivity contribution in [3.8, 4) is 17.1 Å². The molecule has 0 aliphatic rings. The summed E-state index contributed by atoms with van der Waals surface area (Å²) in [6.45, 7) is 8.28. The van der Waals surface area contributed by atoms with Gasteiger partial charge in [-0.05, 0) is 91.1 Å². The van der Waals surface area contributed by atoms with E-state index in [1.165, 1.54) is 5.56 Å². The van der Waals surface area contributed by atoms with Gasteiger partial charge in [-0.25, -0.2) is 9.67 Å². The second-order valence-corrected chi connectivity index (χ2v) is 9.64. The fourth-order valence-corrected chi connectivity index (χ4v) is 4.04. The molecule has 5 nitrogen and oxygen atoms in total. The number of benzene rings is 3. The van der Waals surface area contributed by atoms with E-state index in [2.05, 4.69) is 52.1 Å². The summed E-state index contributed by atoms with van der Waals surface area (Å²) in [5, 5.41) is 8.21. The molecule has 0 saturated carbocycles. The summed E-state index contributed by atoms with van der Waals surface area (Å²) < 4.78 is 2.67. The Balaban J connectivity index is 1.77. The highest BCUT2D eigenvalue weighted by molar-refractivity contribution is 9.10. The average molecular weight is 524 g/mol. The number of aryl methyl sites for hydroxylation is 2. The molecular formula is C26H24BrClN4O. The van der Waals surface area contributed by atoms with Gasteiger partial charge in [0.1, 0.15) is 0 Å². The van der Waals surface area contributed by atoms with Crippen LogP contribution in [-0.2, 0) is 0 Å². The summed E-state index contributed by atoms with van der Waals surface area (Å²) in [6.07, 6.45) is 0. The molecule has 7 heteroatoms. The Morgan fingerprint density at radius 3 is 2.39 bits per heavy atom. The molecule has 0 fully saturated rings. The van der Waals surface area contributed by atoms with Crippen LogP contribution >= 0.6 is 27.5 Å². The fourth-order valence-electron chi connectivity index (χ4n) is 3.53. The van der Waals surface area contributed by atoms with Gasteiger partial charge in [-0.1, -0.05) is 47.4 Å². The number of anilines is 1. The SMILES string of the molecule is Cc1ccc(-n2nc(C(=O)Nc3ccc(Br)cc3C(C)C)nc2-c2ccc(Cl)cc2)cc1C. The van der Waals surface area contributed by atoms with Gasteiger partial charge < -0.3 is 5.32 Å². The lowest BCUT2D eigenvalue weighted by atomic mass is 10.0. The van der Waals surface area contributed by atoms with Crippen LogP contribution in [0.2, 0.25) is 5.02 Å². The van der Waals surface area contributed by atoms with Gasteiger partial charge in [-0.15, -0.1) is 5.10 Å². The molecule has 4 rings (SSSR count). The largest absolute Gasteiger partial charge is 0.319 e. The van der Waals surface area contributed by atoms with E-state index in [1.807, 2.05) is 55.5 Å². The van der Waals surface area contributed by atoms with E-state index in [9.17, 15) is 4.79 Å². The Morgan fingerprint density at radius 2 is 1.73 bits per heavy atom. The first-order valence-corrected chi connectivity index (χ1v) is 11.8. The molecule has 0 saturated heterocycles. The molecule has 0 aliphatic heterocycles. The van der Waals surface area contributed by atoms with E-state index in [0.717, 1.165) is 32.5 Å². The predicted octanol–water partition coefficient (Wildman–Crippen LogP) is 7.34. The van der Waals surface area contributed by atoms with Crippen LogP contribution in [0.5, 0.6) is 0 Å². The first-order chi connectivity index (χ1) is 15.7. The maximum Gasteiger partial charge on any atom is 0.295 e. The van der Waals surface area contributed by atoms with Crippen LogP contribution < -0.4 is 5.32 Å². The molecule has 4 aromatic rings. The Hall–Kier alpha value is -2.96. The van der Waals surface area contributed by atoms with Crippen molar-refractivity contribution in [2.45, 2.75) is 33.6 Å². The highest BCUT2D eigenvalue weighted by Crippen LogP contribution is 2.29. The van der Waals surface area contributed by atoms with Crippen molar-refractivity contribution in [1.82, 2.24) is 14.8 Å². The number of aromatic nitrogens is 3. The summed E-state index contributed by atoms with van der Waals surface area (Å²) in [5.74, 6) is 0.538. The molecule has 0 atom stereocenters. The van der Waals surface area contributed by atoms with E-state index in [4.69, 9.17) is 11.6 Å². The van der Waals surface area contributed by atoms with Crippen molar-refractivity contribution in [3.05, 3.63) is 92.7 Å². The summed E-state index contributed by atoms with van der Waals surface area (Å²) in [5.41, 5.74) is 5.74. The Bertz CT molecular complexity index is 1330. The maximum atomic E-state index is 13.2. The molecular weight excluding hydrogens is 500 g/mol. The minimum absolute atomic E-state index is 0.0933. The molecule has 1 amide bonds. The molecule has 1 aromatic heterocycles. The zero-order valence-corrected chi connectivity index (χ0v) is 21.2. The zero-order valence-electron chi connectivity index (χ0n) is 18.9. The van der Waals surface area contributed by atoms with Crippen molar-refractivity contribution >= 4 is 39.1 Å². The lowest BCUT2D eigenvalue weighted by Gasteiger charge is -2.13. The second-order valence-electron chi connectivity index (χ2n) is 8.29. The standard InChI is InChI=1S/C26H24BrClN4O/c1-15(2)22-14-19(27)8-12-23(22)29-26(33)24-30-25(18-6-9-20(28)10-7-18)32(31-24)21-11-5-16(3)17(4)13-21/h5-15H,1-4H3,(H,29,33). The van der Waals surface area contributed by atoms with Crippen molar-refractivity contribution in [1.29, 1.82) is 0 Å². The number of carbonyl (C=O) groups is 1. The predicted molar refractivity (Wildman–Crippen MR) is 137 cm³/mol. The molecule has 0 bridgehead atoms. The number of nitrogens with one attached hydrogen (secondary N) is 1. The molecule has 3 aromatic carbocycles. The number of hydrogen-bond acceptors (Lipinski definition) is 3. The smallest absolute Gasteiger partial charge is 0.295 e. The molecule has 0 aliphatic carbocycles. The minimum Gasteiger partial charge on any atom is -0.319 e. The van der Waals surface area contributed by atoms with Gasteiger partial charge in [0.15, 0.2) is 5.82 Å². The van der Waals surface area contributed by atoms with Crippen molar-refractivity contribution < 1.29 is 4.79 Å². The van der Waals surface area contributed by atoms with Gasteiger partial charge in [0.05, 0.1) is 5.69 Å². The zero-order chi connectivity index (χ0) is 23.7. The average Bonchev–Trinajstić information content (AvgIpc) is 3.23. The van der Waals surface area contributed by atoms with Crippen LogP contribution in [0, 0.1) is 13.8 Å². The van der Waals surface area contributed by atoms with Gasteiger partial charge >= 0.3 is 0 Å². The lowest BCUT2D eigenvalue weighted by molar-refractivity contribution is 0.101. The van der Waals surface area contributed by atoms with E-state index in [-0.39, 0.29) is 17.6 Å². The van der Waals surface area contributed by atoms with E-state index >= 15 is 0 Å². The number of nitrogens with zero attached hydrogens (tertiary/aromatic N) is 3. The quantitative estimate of drug-likeness (QED) is 0.298. The lowest BCUT2D eigenvalue weighted by Crippen LogP contribution is -2.16. The van der Waals surface area contributed by atoms with E-state index < -0.39 is 0 Å². The number of halogens is 2. The highest BCUT2D eigenvalue weighted by Gasteiger charge is 2.20. The number of carbonyl (C=O) groups excluding carboxylic acids is 1. The Labute approximate surface area is 207 Å². The van der Waals surface area contributed by atoms with Crippen LogP contribution in [-0.4, -0.2) is 20.7 Å². The third-order valence-electron chi connectivity index (χ3n) is 5.53. The molecule has 33 heavy (non-hydrogen) atoms. The third-order valence-corrected chi connectivity index (χ3v) is 6.28. The van der Waals surface area contributed by atoms with Crippen molar-refractivity contribution in [3.63, 3.8) is 0 Å². The molecule has 1 heterocycles. The normalized spacial score (nSPS) is 11.1. The summed E-state index contributed by atoms with van der Waals surface area (Å²) >= 11 is 9.59. The second kappa shape index (κ2) is 9.49. The van der Waals surface area contributed by atoms with Gasteiger partial charge in [0.2, 0.25) is 5.82 Å². The van der Waals surface area contributed by atoms with Crippen LogP contribution in [0.25, 0.3) is 17.1 Å². The topological polar surface area (TPSA) is 59.8 Å². The Morgan fingerprint density at radius 1 is 1.00 bits per heavy atom. The van der Waals surface area contributed by atoms with Gasteiger partial charge in [0.25, 0.3) is 5.91 Å².